The molecule has 20 heavy (non-hydrogen) atoms. The van der Waals surface area contributed by atoms with Crippen molar-refractivity contribution in [3.63, 3.8) is 0 Å². The lowest BCUT2D eigenvalue weighted by Crippen LogP contribution is -2.40. The molecule has 2 heterocycles. The molecule has 1 aliphatic carbocycles. The standard InChI is InChI=1S/C14H17N3O3/c15-13(18)10-5-2-6-11(16-10)17-7-8-3-1-4-9(8)12(17)14(19)20/h2,5-6,8-9,12H,1,3-4,7H2,(H2,15,18)(H,19,20). The third kappa shape index (κ3) is 2.01. The number of pyridine rings is 1. The van der Waals surface area contributed by atoms with Crippen molar-refractivity contribution in [3.05, 3.63) is 23.9 Å². The van der Waals surface area contributed by atoms with Crippen molar-refractivity contribution < 1.29 is 14.7 Å². The fraction of sp³-hybridized carbons (Fsp3) is 0.500. The maximum atomic E-state index is 11.6. The van der Waals surface area contributed by atoms with Gasteiger partial charge in [-0.3, -0.25) is 4.79 Å². The van der Waals surface area contributed by atoms with Crippen LogP contribution in [0.1, 0.15) is 29.8 Å². The number of primary amides is 1. The topological polar surface area (TPSA) is 96.5 Å². The number of fused-ring (bicyclic) bond motifs is 1. The minimum Gasteiger partial charge on any atom is -0.480 e. The van der Waals surface area contributed by atoms with Crippen LogP contribution in [0.25, 0.3) is 0 Å². The van der Waals surface area contributed by atoms with Crippen LogP contribution >= 0.6 is 0 Å². The summed E-state index contributed by atoms with van der Waals surface area (Å²) in [5, 5.41) is 9.51. The number of hydrogen-bond acceptors (Lipinski definition) is 4. The number of carboxylic acid groups (broad SMARTS) is 1. The molecular formula is C14H17N3O3. The first-order chi connectivity index (χ1) is 9.58. The van der Waals surface area contributed by atoms with E-state index in [1.165, 1.54) is 0 Å². The normalized spacial score (nSPS) is 28.4. The zero-order valence-corrected chi connectivity index (χ0v) is 11.0. The number of carbonyl (C=O) groups is 2. The molecule has 3 unspecified atom stereocenters. The van der Waals surface area contributed by atoms with Crippen molar-refractivity contribution in [1.29, 1.82) is 0 Å². The highest BCUT2D eigenvalue weighted by molar-refractivity contribution is 5.91. The van der Waals surface area contributed by atoms with Gasteiger partial charge in [-0.15, -0.1) is 0 Å². The summed E-state index contributed by atoms with van der Waals surface area (Å²) in [4.78, 5) is 28.8. The Bertz CT molecular complexity index is 560. The van der Waals surface area contributed by atoms with Gasteiger partial charge in [-0.2, -0.15) is 0 Å². The Morgan fingerprint density at radius 2 is 2.15 bits per heavy atom. The van der Waals surface area contributed by atoms with Crippen LogP contribution in [0.2, 0.25) is 0 Å². The first kappa shape index (κ1) is 12.9. The fourth-order valence-electron chi connectivity index (χ4n) is 3.58. The van der Waals surface area contributed by atoms with Crippen LogP contribution in [0.15, 0.2) is 18.2 Å². The van der Waals surface area contributed by atoms with Crippen molar-refractivity contribution in [1.82, 2.24) is 4.98 Å². The highest BCUT2D eigenvalue weighted by Crippen LogP contribution is 2.43. The molecule has 2 fully saturated rings. The van der Waals surface area contributed by atoms with Crippen molar-refractivity contribution >= 4 is 17.7 Å². The van der Waals surface area contributed by atoms with Crippen LogP contribution in [0.3, 0.4) is 0 Å². The predicted octanol–water partition coefficient (Wildman–Crippen LogP) is 0.870. The number of nitrogens with two attached hydrogens (primary N) is 1. The smallest absolute Gasteiger partial charge is 0.326 e. The summed E-state index contributed by atoms with van der Waals surface area (Å²) in [6, 6.07) is 4.43. The second-order valence-electron chi connectivity index (χ2n) is 5.54. The van der Waals surface area contributed by atoms with Gasteiger partial charge in [0, 0.05) is 6.54 Å². The number of anilines is 1. The third-order valence-corrected chi connectivity index (χ3v) is 4.42. The number of aromatic nitrogens is 1. The van der Waals surface area contributed by atoms with Crippen molar-refractivity contribution in [2.45, 2.75) is 25.3 Å². The van der Waals surface area contributed by atoms with Gasteiger partial charge in [0.25, 0.3) is 5.91 Å². The molecule has 2 aliphatic rings. The Kier molecular flexibility index (Phi) is 3.08. The molecule has 3 N–H and O–H groups in total. The fourth-order valence-corrected chi connectivity index (χ4v) is 3.58. The lowest BCUT2D eigenvalue weighted by atomic mass is 9.94. The zero-order valence-electron chi connectivity index (χ0n) is 11.0. The van der Waals surface area contributed by atoms with Gasteiger partial charge >= 0.3 is 5.97 Å². The summed E-state index contributed by atoms with van der Waals surface area (Å²) in [7, 11) is 0. The molecule has 3 atom stereocenters. The Hall–Kier alpha value is -2.11. The largest absolute Gasteiger partial charge is 0.480 e. The van der Waals surface area contributed by atoms with E-state index in [1.807, 2.05) is 4.90 Å². The van der Waals surface area contributed by atoms with Crippen LogP contribution in [0.5, 0.6) is 0 Å². The van der Waals surface area contributed by atoms with E-state index in [0.29, 0.717) is 18.3 Å². The number of nitrogens with zero attached hydrogens (tertiary/aromatic N) is 2. The summed E-state index contributed by atoms with van der Waals surface area (Å²) in [5.41, 5.74) is 5.40. The molecule has 0 spiro atoms. The Labute approximate surface area is 116 Å². The van der Waals surface area contributed by atoms with Gasteiger partial charge in [-0.1, -0.05) is 12.5 Å². The van der Waals surface area contributed by atoms with Crippen LogP contribution in [0, 0.1) is 11.8 Å². The number of amides is 1. The second-order valence-corrected chi connectivity index (χ2v) is 5.54. The monoisotopic (exact) mass is 275 g/mol. The average Bonchev–Trinajstić information content (AvgIpc) is 2.97. The Morgan fingerprint density at radius 3 is 2.85 bits per heavy atom. The summed E-state index contributed by atoms with van der Waals surface area (Å²) in [6.07, 6.45) is 3.12. The minimum atomic E-state index is -0.814. The Morgan fingerprint density at radius 1 is 1.35 bits per heavy atom. The molecular weight excluding hydrogens is 258 g/mol. The van der Waals surface area contributed by atoms with E-state index in [4.69, 9.17) is 5.73 Å². The molecule has 1 saturated carbocycles. The number of carbonyl (C=O) groups excluding carboxylic acids is 1. The van der Waals surface area contributed by atoms with Crippen LogP contribution in [0.4, 0.5) is 5.82 Å². The van der Waals surface area contributed by atoms with Gasteiger partial charge in [0.15, 0.2) is 0 Å². The van der Waals surface area contributed by atoms with E-state index < -0.39 is 17.9 Å². The second kappa shape index (κ2) is 4.77. The first-order valence-electron chi connectivity index (χ1n) is 6.84. The SMILES string of the molecule is NC(=O)c1cccc(N2CC3CCCC3C2C(=O)O)n1. The molecule has 1 aromatic rings. The highest BCUT2D eigenvalue weighted by Gasteiger charge is 2.48. The minimum absolute atomic E-state index is 0.170. The molecule has 6 nitrogen and oxygen atoms in total. The summed E-state index contributed by atoms with van der Waals surface area (Å²) in [6.45, 7) is 0.691. The highest BCUT2D eigenvalue weighted by atomic mass is 16.4. The lowest BCUT2D eigenvalue weighted by Gasteiger charge is -2.25. The van der Waals surface area contributed by atoms with Gasteiger partial charge < -0.3 is 15.7 Å². The number of aliphatic carboxylic acids is 1. The van der Waals surface area contributed by atoms with Gasteiger partial charge in [-0.25, -0.2) is 9.78 Å². The predicted molar refractivity (Wildman–Crippen MR) is 72.4 cm³/mol. The molecule has 3 rings (SSSR count). The van der Waals surface area contributed by atoms with Crippen LogP contribution in [-0.2, 0) is 4.79 Å². The van der Waals surface area contributed by atoms with Crippen molar-refractivity contribution in [2.24, 2.45) is 17.6 Å². The maximum Gasteiger partial charge on any atom is 0.326 e. The van der Waals surface area contributed by atoms with Crippen LogP contribution < -0.4 is 10.6 Å². The van der Waals surface area contributed by atoms with Gasteiger partial charge in [0.05, 0.1) is 0 Å². The van der Waals surface area contributed by atoms with Crippen molar-refractivity contribution in [3.8, 4) is 0 Å². The number of carboxylic acids is 1. The molecule has 6 heteroatoms. The molecule has 1 amide bonds. The molecule has 0 aromatic carbocycles. The molecule has 0 radical (unpaired) electrons. The lowest BCUT2D eigenvalue weighted by molar-refractivity contribution is -0.139. The molecule has 1 aromatic heterocycles. The Balaban J connectivity index is 1.94. The summed E-state index contributed by atoms with van der Waals surface area (Å²) < 4.78 is 0. The molecule has 1 saturated heterocycles. The van der Waals surface area contributed by atoms with E-state index in [1.54, 1.807) is 18.2 Å². The summed E-state index contributed by atoms with van der Waals surface area (Å²) >= 11 is 0. The van der Waals surface area contributed by atoms with E-state index >= 15 is 0 Å². The summed E-state index contributed by atoms with van der Waals surface area (Å²) in [5.74, 6) is -0.284. The van der Waals surface area contributed by atoms with E-state index in [9.17, 15) is 14.7 Å². The average molecular weight is 275 g/mol. The molecule has 106 valence electrons. The first-order valence-corrected chi connectivity index (χ1v) is 6.84. The number of rotatable bonds is 3. The maximum absolute atomic E-state index is 11.6. The van der Waals surface area contributed by atoms with E-state index in [-0.39, 0.29) is 11.6 Å². The van der Waals surface area contributed by atoms with E-state index in [2.05, 4.69) is 4.98 Å². The third-order valence-electron chi connectivity index (χ3n) is 4.42. The molecule has 0 bridgehead atoms. The van der Waals surface area contributed by atoms with E-state index in [0.717, 1.165) is 19.3 Å². The van der Waals surface area contributed by atoms with Crippen molar-refractivity contribution in [2.75, 3.05) is 11.4 Å². The quantitative estimate of drug-likeness (QED) is 0.853. The molecule has 1 aliphatic heterocycles. The van der Waals surface area contributed by atoms with Gasteiger partial charge in [-0.05, 0) is 36.8 Å². The van der Waals surface area contributed by atoms with Crippen LogP contribution in [-0.4, -0.2) is 34.6 Å². The zero-order chi connectivity index (χ0) is 14.3. The van der Waals surface area contributed by atoms with Gasteiger partial charge in [0.1, 0.15) is 17.6 Å². The van der Waals surface area contributed by atoms with Gasteiger partial charge in [0.2, 0.25) is 0 Å². The number of hydrogen-bond donors (Lipinski definition) is 2.